The second kappa shape index (κ2) is 22.6. The van der Waals surface area contributed by atoms with Gasteiger partial charge in [-0.2, -0.15) is 0 Å². The first-order valence-electron chi connectivity index (χ1n) is 18.7. The number of carboxylic acids is 1. The summed E-state index contributed by atoms with van der Waals surface area (Å²) < 4.78 is 29.9. The predicted molar refractivity (Wildman–Crippen MR) is 217 cm³/mol. The van der Waals surface area contributed by atoms with Crippen LogP contribution in [0.5, 0.6) is 0 Å². The number of nitrogens with one attached hydrogen (secondary N) is 3. The third-order valence-electron chi connectivity index (χ3n) is 8.47. The van der Waals surface area contributed by atoms with Crippen LogP contribution in [0.1, 0.15) is 78.4 Å². The molecule has 2 fully saturated rings. The molecule has 318 valence electrons. The molecule has 5 amide bonds. The summed E-state index contributed by atoms with van der Waals surface area (Å²) in [5, 5.41) is 17.4. The number of carboxylic acid groups (broad SMARTS) is 1. The van der Waals surface area contributed by atoms with Crippen LogP contribution in [0.2, 0.25) is 0 Å². The molecular formula is C39H57BN5O12P. The van der Waals surface area contributed by atoms with E-state index in [9.17, 15) is 33.9 Å². The molecule has 17 nitrogen and oxygen atoms in total. The fourth-order valence-corrected chi connectivity index (χ4v) is 5.90. The fraction of sp³-hybridized carbons (Fsp3) is 0.538. The molecule has 19 heteroatoms. The minimum atomic E-state index is -1.61. The Labute approximate surface area is 342 Å². The monoisotopic (exact) mass is 829 g/mol. The first kappa shape index (κ1) is 48.9. The van der Waals surface area contributed by atoms with Crippen molar-refractivity contribution in [2.45, 2.75) is 103 Å². The van der Waals surface area contributed by atoms with Crippen molar-refractivity contribution in [2.75, 3.05) is 33.2 Å². The first-order valence-corrected chi connectivity index (χ1v) is 19.4. The molecule has 0 bridgehead atoms. The zero-order valence-electron chi connectivity index (χ0n) is 34.3. The molecule has 0 saturated carbocycles. The van der Waals surface area contributed by atoms with E-state index >= 15 is 0 Å². The van der Waals surface area contributed by atoms with Gasteiger partial charge in [0.2, 0.25) is 5.91 Å². The van der Waals surface area contributed by atoms with Crippen molar-refractivity contribution in [3.05, 3.63) is 71.8 Å². The fourth-order valence-electron chi connectivity index (χ4n) is 5.90. The summed E-state index contributed by atoms with van der Waals surface area (Å²) in [4.78, 5) is 76.5. The van der Waals surface area contributed by atoms with Crippen molar-refractivity contribution in [1.82, 2.24) is 25.8 Å². The summed E-state index contributed by atoms with van der Waals surface area (Å²) in [6.45, 7) is 12.0. The summed E-state index contributed by atoms with van der Waals surface area (Å²) in [6, 6.07) is 18.3. The number of aliphatic carboxylic acids is 1. The van der Waals surface area contributed by atoms with Gasteiger partial charge in [-0.25, -0.2) is 24.0 Å². The number of amides is 5. The number of nitrogens with zero attached hydrogens (tertiary/aromatic N) is 2. The van der Waals surface area contributed by atoms with Crippen molar-refractivity contribution < 1.29 is 57.5 Å². The van der Waals surface area contributed by atoms with Crippen LogP contribution in [0.3, 0.4) is 0 Å². The molecule has 0 radical (unpaired) electrons. The van der Waals surface area contributed by atoms with Crippen molar-refractivity contribution in [3.63, 3.8) is 0 Å². The number of alkyl carbamates (subject to hydrolysis) is 2. The molecule has 3 unspecified atom stereocenters. The molecule has 2 aromatic rings. The van der Waals surface area contributed by atoms with Gasteiger partial charge in [-0.1, -0.05) is 60.7 Å². The van der Waals surface area contributed by atoms with Gasteiger partial charge < -0.3 is 49.8 Å². The van der Waals surface area contributed by atoms with Gasteiger partial charge in [0.05, 0.1) is 13.1 Å². The molecule has 2 aliphatic rings. The molecule has 2 aromatic carbocycles. The number of hydrogen-bond acceptors (Lipinski definition) is 11. The van der Waals surface area contributed by atoms with E-state index in [4.69, 9.17) is 23.7 Å². The van der Waals surface area contributed by atoms with Crippen molar-refractivity contribution in [3.8, 4) is 0 Å². The van der Waals surface area contributed by atoms with Crippen molar-refractivity contribution in [1.29, 1.82) is 0 Å². The van der Waals surface area contributed by atoms with Gasteiger partial charge in [-0.15, -0.1) is 0 Å². The Hall–Kier alpha value is -5.25. The van der Waals surface area contributed by atoms with E-state index in [0.717, 1.165) is 11.1 Å². The number of hydrogen-bond donors (Lipinski definition) is 4. The van der Waals surface area contributed by atoms with Crippen LogP contribution >= 0.6 is 9.12 Å². The van der Waals surface area contributed by atoms with Crippen LogP contribution in [0.4, 0.5) is 19.2 Å². The second-order valence-electron chi connectivity index (χ2n) is 15.6. The standard InChI is InChI=1S/C20H29N3O5.C19H26N2O6.BH2OP/c1-19(2,3)28-18(26)23-12-8-11-20(14-23,16(24)21-4)22-17(25)27-13-15-9-6-5-7-10-15;1-18(2,3)27-17(25)21-11-7-10-19(13-21,15(22)23)20-16(24)26-12-14-8-5-4-6-9-14;2-1-3/h5-7,9-10H,8,11-14H2,1-4H3,(H,21,24)(H,22,25);4-6,8-9H,7,10-13H2,1-3H3,(H,20,24)(H,22,23);3H2. The van der Waals surface area contributed by atoms with E-state index in [1.165, 1.54) is 16.8 Å². The Bertz CT molecular complexity index is 1690. The quantitative estimate of drug-likeness (QED) is 0.157. The summed E-state index contributed by atoms with van der Waals surface area (Å²) in [6.07, 6.45) is -1.11. The third-order valence-corrected chi connectivity index (χ3v) is 8.47. The molecule has 58 heavy (non-hydrogen) atoms. The summed E-state index contributed by atoms with van der Waals surface area (Å²) in [5.41, 5.74) is -2.59. The van der Waals surface area contributed by atoms with Gasteiger partial charge in [-0.05, 0) is 78.4 Å². The third kappa shape index (κ3) is 16.7. The molecule has 4 N–H and O–H groups in total. The SMILES string of the molecule is CC(C)(C)OC(=O)N1CCCC(NC(=O)OCc2ccccc2)(C(=O)O)C1.CNC(=O)C1(NC(=O)OCc2ccccc2)CCCN(C(=O)OC(C)(C)C)C1.O=BP. The van der Waals surface area contributed by atoms with Crippen LogP contribution < -0.4 is 16.0 Å². The first-order chi connectivity index (χ1) is 27.2. The molecule has 2 saturated heterocycles. The number of carbonyl (C=O) groups excluding carboxylic acids is 5. The van der Waals surface area contributed by atoms with Crippen LogP contribution in [-0.4, -0.2) is 114 Å². The van der Waals surface area contributed by atoms with E-state index in [0.29, 0.717) is 39.2 Å². The maximum atomic E-state index is 12.6. The van der Waals surface area contributed by atoms with Gasteiger partial charge in [-0.3, -0.25) is 4.79 Å². The molecule has 0 spiro atoms. The number of likely N-dealkylation sites (N-methyl/N-ethyl adjacent to an activating group) is 1. The Morgan fingerprint density at radius 3 is 1.43 bits per heavy atom. The average molecular weight is 830 g/mol. The topological polar surface area (TPSA) is 219 Å². The Morgan fingerprint density at radius 2 is 1.07 bits per heavy atom. The molecule has 0 aromatic heterocycles. The Balaban J connectivity index is 0.000000375. The van der Waals surface area contributed by atoms with Gasteiger partial charge >= 0.3 is 51.0 Å². The van der Waals surface area contributed by atoms with Crippen LogP contribution in [0.15, 0.2) is 60.7 Å². The molecule has 3 atom stereocenters. The normalized spacial score (nSPS) is 18.8. The zero-order valence-corrected chi connectivity index (χ0v) is 35.5. The van der Waals surface area contributed by atoms with Crippen LogP contribution in [0.25, 0.3) is 0 Å². The summed E-state index contributed by atoms with van der Waals surface area (Å²) >= 11 is 0. The molecule has 4 rings (SSSR count). The second-order valence-corrected chi connectivity index (χ2v) is 15.8. The van der Waals surface area contributed by atoms with Crippen LogP contribution in [-0.2, 0) is 46.5 Å². The number of ether oxygens (including phenoxy) is 4. The number of carbonyl (C=O) groups is 6. The summed E-state index contributed by atoms with van der Waals surface area (Å²) in [7, 11) is 3.39. The minimum absolute atomic E-state index is 0.0159. The van der Waals surface area contributed by atoms with E-state index in [-0.39, 0.29) is 38.6 Å². The average Bonchev–Trinajstić information content (AvgIpc) is 3.16. The zero-order chi connectivity index (χ0) is 43.6. The van der Waals surface area contributed by atoms with Gasteiger partial charge in [0, 0.05) is 20.1 Å². The molecular weight excluding hydrogens is 772 g/mol. The summed E-state index contributed by atoms with van der Waals surface area (Å²) in [5.74, 6) is -1.59. The van der Waals surface area contributed by atoms with E-state index in [1.807, 2.05) is 57.6 Å². The number of rotatable bonds is 8. The maximum absolute atomic E-state index is 12.6. The molecule has 2 heterocycles. The predicted octanol–water partition coefficient (Wildman–Crippen LogP) is 5.02. The van der Waals surface area contributed by atoms with E-state index in [2.05, 4.69) is 16.0 Å². The van der Waals surface area contributed by atoms with E-state index in [1.54, 1.807) is 53.7 Å². The number of benzene rings is 2. The number of piperidine rings is 2. The Morgan fingerprint density at radius 1 is 0.707 bits per heavy atom. The Kier molecular flexibility index (Phi) is 19.1. The van der Waals surface area contributed by atoms with Crippen LogP contribution in [0, 0.1) is 0 Å². The van der Waals surface area contributed by atoms with E-state index < -0.39 is 52.6 Å². The number of likely N-dealkylation sites (tertiary alicyclic amines) is 2. The molecule has 0 aliphatic carbocycles. The van der Waals surface area contributed by atoms with Gasteiger partial charge in [0.15, 0.2) is 5.54 Å². The van der Waals surface area contributed by atoms with Gasteiger partial charge in [0.1, 0.15) is 30.0 Å². The van der Waals surface area contributed by atoms with Crippen molar-refractivity contribution in [2.24, 2.45) is 0 Å². The molecule has 2 aliphatic heterocycles. The van der Waals surface area contributed by atoms with Gasteiger partial charge in [0.25, 0.3) is 0 Å². The van der Waals surface area contributed by atoms with Crippen molar-refractivity contribution >= 4 is 52.2 Å².